The minimum Gasteiger partial charge on any atom is -0.495 e. The fraction of sp³-hybridized carbons (Fsp3) is 0.158. The van der Waals surface area contributed by atoms with Crippen LogP contribution in [0.5, 0.6) is 10.9 Å². The van der Waals surface area contributed by atoms with Gasteiger partial charge in [-0.2, -0.15) is 9.78 Å². The molecule has 0 saturated heterocycles. The average Bonchev–Trinajstić information content (AvgIpc) is 3.26. The highest BCUT2D eigenvalue weighted by molar-refractivity contribution is 7.11. The van der Waals surface area contributed by atoms with Gasteiger partial charge in [-0.1, -0.05) is 11.3 Å². The summed E-state index contributed by atoms with van der Waals surface area (Å²) in [5, 5.41) is 26.4. The fourth-order valence-corrected chi connectivity index (χ4v) is 3.39. The largest absolute Gasteiger partial charge is 0.495 e. The second kappa shape index (κ2) is 8.25. The predicted molar refractivity (Wildman–Crippen MR) is 113 cm³/mol. The topological polar surface area (TPSA) is 135 Å². The van der Waals surface area contributed by atoms with Gasteiger partial charge in [-0.3, -0.25) is 15.8 Å². The number of ether oxygens (including phenoxy) is 2. The van der Waals surface area contributed by atoms with Crippen LogP contribution in [0.15, 0.2) is 42.0 Å². The molecule has 0 atom stereocenters. The maximum Gasteiger partial charge on any atom is 0.273 e. The molecule has 4 heterocycles. The second-order valence-corrected chi connectivity index (χ2v) is 6.94. The van der Waals surface area contributed by atoms with E-state index < -0.39 is 0 Å². The van der Waals surface area contributed by atoms with Gasteiger partial charge in [0.25, 0.3) is 5.19 Å². The number of aromatic nitrogens is 5. The Morgan fingerprint density at radius 1 is 1.17 bits per heavy atom. The number of anilines is 1. The Morgan fingerprint density at radius 3 is 2.80 bits per heavy atom. The van der Waals surface area contributed by atoms with E-state index in [0.29, 0.717) is 33.4 Å². The van der Waals surface area contributed by atoms with Crippen molar-refractivity contribution in [3.05, 3.63) is 47.5 Å². The highest BCUT2D eigenvalue weighted by atomic mass is 32.1. The second-order valence-electron chi connectivity index (χ2n) is 6.12. The summed E-state index contributed by atoms with van der Waals surface area (Å²) in [5.74, 6) is 0.719. The monoisotopic (exact) mass is 422 g/mol. The molecule has 0 amide bonds. The fourth-order valence-electron chi connectivity index (χ4n) is 2.75. The van der Waals surface area contributed by atoms with Crippen LogP contribution < -0.4 is 20.3 Å². The molecule has 0 aliphatic rings. The smallest absolute Gasteiger partial charge is 0.273 e. The molecule has 3 N–H and O–H groups in total. The number of methoxy groups -OCH3 is 2. The first kappa shape index (κ1) is 19.5. The van der Waals surface area contributed by atoms with Crippen LogP contribution in [0.1, 0.15) is 0 Å². The Kier molecular flexibility index (Phi) is 5.35. The number of nitrogens with zero attached hydrogens (tertiary/aromatic N) is 5. The third-order valence-electron chi connectivity index (χ3n) is 4.25. The van der Waals surface area contributed by atoms with Crippen LogP contribution in [0, 0.1) is 10.8 Å². The first-order valence-corrected chi connectivity index (χ1v) is 9.72. The zero-order valence-electron chi connectivity index (χ0n) is 16.2. The van der Waals surface area contributed by atoms with Gasteiger partial charge in [0.1, 0.15) is 34.0 Å². The lowest BCUT2D eigenvalue weighted by Gasteiger charge is -2.12. The number of nitrogens with one attached hydrogen (secondary N) is 3. The van der Waals surface area contributed by atoms with Gasteiger partial charge < -0.3 is 14.8 Å². The van der Waals surface area contributed by atoms with Crippen molar-refractivity contribution in [2.45, 2.75) is 0 Å². The Balaban J connectivity index is 1.57. The van der Waals surface area contributed by atoms with Crippen LogP contribution in [-0.2, 0) is 0 Å². The van der Waals surface area contributed by atoms with Gasteiger partial charge in [-0.15, -0.1) is 0 Å². The van der Waals surface area contributed by atoms with E-state index in [9.17, 15) is 0 Å². The molecule has 0 aliphatic carbocycles. The van der Waals surface area contributed by atoms with Crippen molar-refractivity contribution in [3.8, 4) is 22.3 Å². The summed E-state index contributed by atoms with van der Waals surface area (Å²) >= 11 is 1.36. The van der Waals surface area contributed by atoms with Crippen molar-refractivity contribution in [2.75, 3.05) is 26.1 Å². The molecule has 0 saturated carbocycles. The number of hydrogen-bond acceptors (Lipinski definition) is 10. The standard InChI is InChI=1S/C19H18N8O2S/c1-28-11-7-14-18(24-8-11)13(5-6-22-14)23-9-17(21)27-16(20)4-3-12(26-27)15-10-30-19(25-15)29-2/h3-8,10,20-21H,9H2,1-2H3,(H,22,23). The third-order valence-corrected chi connectivity index (χ3v) is 5.05. The molecule has 4 aromatic heterocycles. The van der Waals surface area contributed by atoms with E-state index >= 15 is 0 Å². The summed E-state index contributed by atoms with van der Waals surface area (Å²) in [6.07, 6.45) is 3.28. The Labute approximate surface area is 175 Å². The van der Waals surface area contributed by atoms with Gasteiger partial charge in [0.2, 0.25) is 0 Å². The average molecular weight is 422 g/mol. The molecule has 0 aliphatic heterocycles. The Bertz CT molecular complexity index is 1280. The first-order valence-electron chi connectivity index (χ1n) is 8.84. The Hall–Kier alpha value is -3.86. The molecule has 4 rings (SSSR count). The van der Waals surface area contributed by atoms with Gasteiger partial charge in [0, 0.05) is 17.6 Å². The SMILES string of the molecule is COc1cnc2c(NCC(=N)n3nc(-c4csc(OC)n4)ccc3=N)ccnc2c1. The van der Waals surface area contributed by atoms with E-state index in [2.05, 4.69) is 25.4 Å². The normalized spacial score (nSPS) is 10.7. The van der Waals surface area contributed by atoms with Crippen LogP contribution in [0.2, 0.25) is 0 Å². The zero-order valence-corrected chi connectivity index (χ0v) is 17.0. The summed E-state index contributed by atoms with van der Waals surface area (Å²) in [6, 6.07) is 6.86. The highest BCUT2D eigenvalue weighted by Gasteiger charge is 2.11. The van der Waals surface area contributed by atoms with Gasteiger partial charge in [-0.25, -0.2) is 9.97 Å². The van der Waals surface area contributed by atoms with Crippen LogP contribution in [0.25, 0.3) is 22.4 Å². The van der Waals surface area contributed by atoms with Crippen molar-refractivity contribution < 1.29 is 9.47 Å². The molecule has 152 valence electrons. The van der Waals surface area contributed by atoms with Gasteiger partial charge in [-0.05, 0) is 18.2 Å². The summed E-state index contributed by atoms with van der Waals surface area (Å²) < 4.78 is 11.6. The minimum absolute atomic E-state index is 0.0928. The number of pyridine rings is 2. The van der Waals surface area contributed by atoms with Crippen molar-refractivity contribution >= 4 is 33.9 Å². The minimum atomic E-state index is 0.0928. The van der Waals surface area contributed by atoms with Crippen LogP contribution in [-0.4, -0.2) is 51.3 Å². The summed E-state index contributed by atoms with van der Waals surface area (Å²) in [4.78, 5) is 13.0. The highest BCUT2D eigenvalue weighted by Crippen LogP contribution is 2.24. The molecule has 0 unspecified atom stereocenters. The van der Waals surface area contributed by atoms with E-state index in [1.165, 1.54) is 16.0 Å². The number of rotatable bonds is 6. The molecule has 30 heavy (non-hydrogen) atoms. The van der Waals surface area contributed by atoms with E-state index in [1.807, 2.05) is 5.38 Å². The molecule has 0 radical (unpaired) electrons. The zero-order chi connectivity index (χ0) is 21.1. The van der Waals surface area contributed by atoms with Crippen LogP contribution >= 0.6 is 11.3 Å². The summed E-state index contributed by atoms with van der Waals surface area (Å²) in [7, 11) is 3.13. The lowest BCUT2D eigenvalue weighted by Crippen LogP contribution is -2.33. The van der Waals surface area contributed by atoms with Crippen molar-refractivity contribution in [1.82, 2.24) is 24.7 Å². The molecule has 0 aromatic carbocycles. The van der Waals surface area contributed by atoms with Crippen molar-refractivity contribution in [2.24, 2.45) is 0 Å². The summed E-state index contributed by atoms with van der Waals surface area (Å²) in [6.45, 7) is 0.139. The number of fused-ring (bicyclic) bond motifs is 1. The van der Waals surface area contributed by atoms with E-state index in [0.717, 1.165) is 5.69 Å². The lowest BCUT2D eigenvalue weighted by molar-refractivity contribution is 0.412. The third kappa shape index (κ3) is 3.82. The summed E-state index contributed by atoms with van der Waals surface area (Å²) in [5.41, 5.74) is 3.34. The molecular weight excluding hydrogens is 404 g/mol. The number of thiazole rings is 1. The molecule has 4 aromatic rings. The predicted octanol–water partition coefficient (Wildman–Crippen LogP) is 2.38. The maximum absolute atomic E-state index is 8.41. The van der Waals surface area contributed by atoms with Crippen molar-refractivity contribution in [1.29, 1.82) is 10.8 Å². The molecule has 0 spiro atoms. The van der Waals surface area contributed by atoms with Gasteiger partial charge in [0.15, 0.2) is 0 Å². The lowest BCUT2D eigenvalue weighted by atomic mass is 10.2. The quantitative estimate of drug-likeness (QED) is 0.321. The van der Waals surface area contributed by atoms with Crippen molar-refractivity contribution in [3.63, 3.8) is 0 Å². The first-order chi connectivity index (χ1) is 14.6. The van der Waals surface area contributed by atoms with E-state index in [1.54, 1.807) is 50.9 Å². The van der Waals surface area contributed by atoms with Crippen LogP contribution in [0.4, 0.5) is 5.69 Å². The molecule has 0 fully saturated rings. The Morgan fingerprint density at radius 2 is 2.03 bits per heavy atom. The van der Waals surface area contributed by atoms with E-state index in [4.69, 9.17) is 20.3 Å². The molecular formula is C19H18N8O2S. The molecule has 0 bridgehead atoms. The molecule has 11 heteroatoms. The van der Waals surface area contributed by atoms with Crippen LogP contribution in [0.3, 0.4) is 0 Å². The number of hydrogen-bond donors (Lipinski definition) is 3. The molecule has 10 nitrogen and oxygen atoms in total. The van der Waals surface area contributed by atoms with Gasteiger partial charge in [0.05, 0.1) is 38.2 Å². The maximum atomic E-state index is 8.41. The van der Waals surface area contributed by atoms with E-state index in [-0.39, 0.29) is 17.9 Å². The van der Waals surface area contributed by atoms with Gasteiger partial charge >= 0.3 is 0 Å².